The van der Waals surface area contributed by atoms with E-state index in [9.17, 15) is 4.79 Å². The van der Waals surface area contributed by atoms with Crippen LogP contribution in [0, 0.1) is 0 Å². The second kappa shape index (κ2) is 3.74. The summed E-state index contributed by atoms with van der Waals surface area (Å²) in [6, 6.07) is 0. The zero-order valence-electron chi connectivity index (χ0n) is 8.21. The van der Waals surface area contributed by atoms with Crippen molar-refractivity contribution in [2.24, 2.45) is 0 Å². The van der Waals surface area contributed by atoms with E-state index in [-0.39, 0.29) is 5.91 Å². The van der Waals surface area contributed by atoms with Crippen molar-refractivity contribution in [1.82, 2.24) is 15.3 Å². The Kier molecular flexibility index (Phi) is 2.43. The number of fused-ring (bicyclic) bond motifs is 1. The fourth-order valence-electron chi connectivity index (χ4n) is 1.48. The Bertz CT molecular complexity index is 362. The first kappa shape index (κ1) is 9.12. The molecule has 1 aromatic rings. The predicted molar refractivity (Wildman–Crippen MR) is 51.8 cm³/mol. The molecule has 2 rings (SSSR count). The summed E-state index contributed by atoms with van der Waals surface area (Å²) in [6.07, 6.45) is 4.80. The van der Waals surface area contributed by atoms with E-state index in [0.717, 1.165) is 30.7 Å². The first-order chi connectivity index (χ1) is 6.81. The highest BCUT2D eigenvalue weighted by Crippen LogP contribution is 2.12. The number of nitrogens with one attached hydrogen (secondary N) is 1. The van der Waals surface area contributed by atoms with Crippen LogP contribution in [0.5, 0.6) is 0 Å². The van der Waals surface area contributed by atoms with Crippen LogP contribution in [0.4, 0.5) is 0 Å². The van der Waals surface area contributed by atoms with Crippen LogP contribution in [0.1, 0.15) is 41.6 Å². The molecule has 0 atom stereocenters. The summed E-state index contributed by atoms with van der Waals surface area (Å²) < 4.78 is 0. The van der Waals surface area contributed by atoms with Crippen molar-refractivity contribution >= 4 is 5.91 Å². The molecular formula is C10H13N3O. The summed E-state index contributed by atoms with van der Waals surface area (Å²) in [5.41, 5.74) is 1.47. The SMILES string of the molecule is CCCCc1ncc2c(n1)C(=O)NC2. The van der Waals surface area contributed by atoms with Gasteiger partial charge < -0.3 is 5.32 Å². The third-order valence-corrected chi connectivity index (χ3v) is 2.32. The fraction of sp³-hybridized carbons (Fsp3) is 0.500. The minimum atomic E-state index is -0.0693. The molecule has 0 unspecified atom stereocenters. The van der Waals surface area contributed by atoms with Gasteiger partial charge in [-0.2, -0.15) is 0 Å². The molecule has 4 nitrogen and oxygen atoms in total. The Labute approximate surface area is 82.8 Å². The molecule has 74 valence electrons. The molecule has 1 N–H and O–H groups in total. The van der Waals surface area contributed by atoms with E-state index in [1.807, 2.05) is 0 Å². The van der Waals surface area contributed by atoms with Crippen LogP contribution < -0.4 is 5.32 Å². The molecule has 0 aromatic carbocycles. The lowest BCUT2D eigenvalue weighted by Crippen LogP contribution is -2.13. The van der Waals surface area contributed by atoms with Gasteiger partial charge in [0.15, 0.2) is 0 Å². The highest BCUT2D eigenvalue weighted by Gasteiger charge is 2.20. The topological polar surface area (TPSA) is 54.9 Å². The second-order valence-corrected chi connectivity index (χ2v) is 3.45. The number of unbranched alkanes of at least 4 members (excludes halogenated alkanes) is 1. The second-order valence-electron chi connectivity index (χ2n) is 3.45. The highest BCUT2D eigenvalue weighted by atomic mass is 16.2. The Morgan fingerprint density at radius 3 is 3.21 bits per heavy atom. The summed E-state index contributed by atoms with van der Waals surface area (Å²) in [5.74, 6) is 0.711. The molecule has 1 aliphatic heterocycles. The van der Waals surface area contributed by atoms with Gasteiger partial charge >= 0.3 is 0 Å². The molecule has 2 heterocycles. The maximum atomic E-state index is 11.3. The largest absolute Gasteiger partial charge is 0.346 e. The van der Waals surface area contributed by atoms with Crippen LogP contribution >= 0.6 is 0 Å². The molecule has 0 bridgehead atoms. The molecule has 1 aromatic heterocycles. The fourth-order valence-corrected chi connectivity index (χ4v) is 1.48. The third kappa shape index (κ3) is 1.60. The van der Waals surface area contributed by atoms with E-state index in [0.29, 0.717) is 12.2 Å². The van der Waals surface area contributed by atoms with Crippen molar-refractivity contribution in [3.05, 3.63) is 23.3 Å². The van der Waals surface area contributed by atoms with Crippen molar-refractivity contribution in [2.45, 2.75) is 32.7 Å². The minimum absolute atomic E-state index is 0.0693. The average Bonchev–Trinajstić information content (AvgIpc) is 2.57. The Morgan fingerprint density at radius 1 is 1.57 bits per heavy atom. The van der Waals surface area contributed by atoms with Gasteiger partial charge in [-0.15, -0.1) is 0 Å². The molecule has 1 amide bonds. The maximum absolute atomic E-state index is 11.3. The lowest BCUT2D eigenvalue weighted by Gasteiger charge is -1.99. The lowest BCUT2D eigenvalue weighted by atomic mass is 10.2. The van der Waals surface area contributed by atoms with Gasteiger partial charge in [-0.1, -0.05) is 13.3 Å². The van der Waals surface area contributed by atoms with Crippen molar-refractivity contribution in [1.29, 1.82) is 0 Å². The Morgan fingerprint density at radius 2 is 2.43 bits per heavy atom. The van der Waals surface area contributed by atoms with E-state index in [1.165, 1.54) is 0 Å². The minimum Gasteiger partial charge on any atom is -0.346 e. The van der Waals surface area contributed by atoms with Gasteiger partial charge in [-0.3, -0.25) is 4.79 Å². The molecule has 0 spiro atoms. The van der Waals surface area contributed by atoms with Gasteiger partial charge in [0.2, 0.25) is 0 Å². The number of hydrogen-bond acceptors (Lipinski definition) is 3. The number of nitrogens with zero attached hydrogens (tertiary/aromatic N) is 2. The molecule has 1 aliphatic rings. The number of amides is 1. The van der Waals surface area contributed by atoms with Gasteiger partial charge in [-0.05, 0) is 6.42 Å². The quantitative estimate of drug-likeness (QED) is 0.777. The van der Waals surface area contributed by atoms with Crippen LogP contribution in [0.2, 0.25) is 0 Å². The number of hydrogen-bond donors (Lipinski definition) is 1. The molecule has 0 fully saturated rings. The first-order valence-corrected chi connectivity index (χ1v) is 4.94. The van der Waals surface area contributed by atoms with E-state index in [1.54, 1.807) is 6.20 Å². The molecule has 0 radical (unpaired) electrons. The summed E-state index contributed by atoms with van der Waals surface area (Å²) in [7, 11) is 0. The molecule has 4 heteroatoms. The predicted octanol–water partition coefficient (Wildman–Crippen LogP) is 1.06. The normalized spacial score (nSPS) is 13.9. The van der Waals surface area contributed by atoms with E-state index >= 15 is 0 Å². The summed E-state index contributed by atoms with van der Waals surface area (Å²) in [5, 5.41) is 2.73. The summed E-state index contributed by atoms with van der Waals surface area (Å²) in [6.45, 7) is 2.70. The number of carbonyl (C=O) groups is 1. The van der Waals surface area contributed by atoms with Gasteiger partial charge in [-0.25, -0.2) is 9.97 Å². The van der Waals surface area contributed by atoms with Crippen LogP contribution in [-0.4, -0.2) is 15.9 Å². The Balaban J connectivity index is 2.21. The lowest BCUT2D eigenvalue weighted by molar-refractivity contribution is 0.0961. The molecule has 14 heavy (non-hydrogen) atoms. The van der Waals surface area contributed by atoms with Crippen LogP contribution in [-0.2, 0) is 13.0 Å². The van der Waals surface area contributed by atoms with Gasteiger partial charge in [0.1, 0.15) is 11.5 Å². The van der Waals surface area contributed by atoms with Gasteiger partial charge in [0.25, 0.3) is 5.91 Å². The zero-order valence-corrected chi connectivity index (χ0v) is 8.21. The van der Waals surface area contributed by atoms with E-state index < -0.39 is 0 Å². The van der Waals surface area contributed by atoms with Gasteiger partial charge in [0, 0.05) is 24.7 Å². The van der Waals surface area contributed by atoms with Crippen LogP contribution in [0.25, 0.3) is 0 Å². The standard InChI is InChI=1S/C10H13N3O/c1-2-3-4-8-11-5-7-6-12-10(14)9(7)13-8/h5H,2-4,6H2,1H3,(H,12,14). The Hall–Kier alpha value is -1.45. The summed E-state index contributed by atoms with van der Waals surface area (Å²) >= 11 is 0. The number of carbonyl (C=O) groups excluding carboxylic acids is 1. The number of aryl methyl sites for hydroxylation is 1. The van der Waals surface area contributed by atoms with Crippen molar-refractivity contribution < 1.29 is 4.79 Å². The third-order valence-electron chi connectivity index (χ3n) is 2.32. The monoisotopic (exact) mass is 191 g/mol. The van der Waals surface area contributed by atoms with Crippen molar-refractivity contribution in [2.75, 3.05) is 0 Å². The van der Waals surface area contributed by atoms with E-state index in [2.05, 4.69) is 22.2 Å². The molecule has 0 saturated heterocycles. The highest BCUT2D eigenvalue weighted by molar-refractivity contribution is 5.96. The van der Waals surface area contributed by atoms with Crippen LogP contribution in [0.15, 0.2) is 6.20 Å². The summed E-state index contributed by atoms with van der Waals surface area (Å²) in [4.78, 5) is 19.8. The smallest absolute Gasteiger partial charge is 0.270 e. The van der Waals surface area contributed by atoms with Crippen molar-refractivity contribution in [3.63, 3.8) is 0 Å². The average molecular weight is 191 g/mol. The molecular weight excluding hydrogens is 178 g/mol. The zero-order chi connectivity index (χ0) is 9.97. The van der Waals surface area contributed by atoms with Crippen molar-refractivity contribution in [3.8, 4) is 0 Å². The maximum Gasteiger partial charge on any atom is 0.270 e. The van der Waals surface area contributed by atoms with Crippen LogP contribution in [0.3, 0.4) is 0 Å². The van der Waals surface area contributed by atoms with Gasteiger partial charge in [0.05, 0.1) is 0 Å². The number of rotatable bonds is 3. The number of aromatic nitrogens is 2. The molecule has 0 saturated carbocycles. The first-order valence-electron chi connectivity index (χ1n) is 4.94. The molecule has 0 aliphatic carbocycles. The van der Waals surface area contributed by atoms with E-state index in [4.69, 9.17) is 0 Å².